The molecular formula is C33H33NO. The maximum Gasteiger partial charge on any atom is 0.134 e. The van der Waals surface area contributed by atoms with Gasteiger partial charge in [-0.25, -0.2) is 0 Å². The molecule has 0 spiro atoms. The van der Waals surface area contributed by atoms with Crippen LogP contribution >= 0.6 is 0 Å². The highest BCUT2D eigenvalue weighted by molar-refractivity contribution is 5.86. The SMILES string of the molecule is CC(=O)Cc1ccc2c(c1)C(C)(C)c1cc(N(c3ccc(C)cc3)c3ccc(C)c(C)c3)ccc1-2. The van der Waals surface area contributed by atoms with Crippen molar-refractivity contribution in [3.8, 4) is 11.1 Å². The summed E-state index contributed by atoms with van der Waals surface area (Å²) in [5.74, 6) is 0.197. The summed E-state index contributed by atoms with van der Waals surface area (Å²) in [5.41, 5.74) is 13.4. The number of fused-ring (bicyclic) bond motifs is 3. The number of benzene rings is 4. The number of ketones is 1. The Morgan fingerprint density at radius 2 is 1.26 bits per heavy atom. The molecule has 0 N–H and O–H groups in total. The van der Waals surface area contributed by atoms with Gasteiger partial charge in [-0.3, -0.25) is 4.79 Å². The van der Waals surface area contributed by atoms with Gasteiger partial charge < -0.3 is 4.90 Å². The highest BCUT2D eigenvalue weighted by Gasteiger charge is 2.36. The molecule has 4 aromatic carbocycles. The van der Waals surface area contributed by atoms with Crippen molar-refractivity contribution in [1.29, 1.82) is 0 Å². The second-order valence-electron chi connectivity index (χ2n) is 10.6. The maximum atomic E-state index is 11.7. The molecule has 0 saturated carbocycles. The fraction of sp³-hybridized carbons (Fsp3) is 0.242. The number of nitrogens with zero attached hydrogens (tertiary/aromatic N) is 1. The van der Waals surface area contributed by atoms with Crippen molar-refractivity contribution in [2.75, 3.05) is 4.90 Å². The minimum atomic E-state index is -0.143. The lowest BCUT2D eigenvalue weighted by Gasteiger charge is -2.28. The summed E-state index contributed by atoms with van der Waals surface area (Å²) in [6.45, 7) is 12.7. The van der Waals surface area contributed by atoms with Crippen LogP contribution in [0.15, 0.2) is 78.9 Å². The Kier molecular flexibility index (Phi) is 5.63. The Bertz CT molecular complexity index is 1440. The van der Waals surface area contributed by atoms with Gasteiger partial charge in [0.1, 0.15) is 5.78 Å². The van der Waals surface area contributed by atoms with Gasteiger partial charge in [0.2, 0.25) is 0 Å². The molecule has 1 aliphatic carbocycles. The molecule has 0 fully saturated rings. The van der Waals surface area contributed by atoms with E-state index in [1.165, 1.54) is 38.9 Å². The van der Waals surface area contributed by atoms with Crippen LogP contribution in [0.25, 0.3) is 11.1 Å². The van der Waals surface area contributed by atoms with E-state index in [1.807, 2.05) is 0 Å². The summed E-state index contributed by atoms with van der Waals surface area (Å²) in [6, 6.07) is 28.8. The lowest BCUT2D eigenvalue weighted by molar-refractivity contribution is -0.116. The first-order valence-corrected chi connectivity index (χ1v) is 12.4. The molecule has 0 saturated heterocycles. The average molecular weight is 460 g/mol. The van der Waals surface area contributed by atoms with Gasteiger partial charge in [0.25, 0.3) is 0 Å². The zero-order valence-electron chi connectivity index (χ0n) is 21.6. The van der Waals surface area contributed by atoms with E-state index in [0.29, 0.717) is 6.42 Å². The Labute approximate surface area is 209 Å². The van der Waals surface area contributed by atoms with Crippen molar-refractivity contribution in [3.05, 3.63) is 112 Å². The van der Waals surface area contributed by atoms with Crippen LogP contribution in [0.2, 0.25) is 0 Å². The Morgan fingerprint density at radius 3 is 1.91 bits per heavy atom. The van der Waals surface area contributed by atoms with Crippen molar-refractivity contribution in [2.24, 2.45) is 0 Å². The topological polar surface area (TPSA) is 20.3 Å². The summed E-state index contributed by atoms with van der Waals surface area (Å²) in [5, 5.41) is 0. The van der Waals surface area contributed by atoms with Gasteiger partial charge in [0.15, 0.2) is 0 Å². The average Bonchev–Trinajstić information content (AvgIpc) is 3.03. The summed E-state index contributed by atoms with van der Waals surface area (Å²) in [6.07, 6.45) is 0.485. The second kappa shape index (κ2) is 8.53. The van der Waals surface area contributed by atoms with Crippen LogP contribution in [0.5, 0.6) is 0 Å². The third kappa shape index (κ3) is 4.08. The normalized spacial score (nSPS) is 13.3. The molecule has 1 aliphatic rings. The van der Waals surface area contributed by atoms with Crippen LogP contribution in [-0.4, -0.2) is 5.78 Å². The monoisotopic (exact) mass is 459 g/mol. The van der Waals surface area contributed by atoms with Gasteiger partial charge in [-0.1, -0.05) is 61.9 Å². The Balaban J connectivity index is 1.65. The van der Waals surface area contributed by atoms with Crippen LogP contribution in [0.1, 0.15) is 54.2 Å². The van der Waals surface area contributed by atoms with Gasteiger partial charge in [0, 0.05) is 28.9 Å². The maximum absolute atomic E-state index is 11.7. The molecule has 0 atom stereocenters. The highest BCUT2D eigenvalue weighted by atomic mass is 16.1. The zero-order chi connectivity index (χ0) is 24.9. The number of aryl methyl sites for hydroxylation is 3. The molecule has 0 radical (unpaired) electrons. The number of anilines is 3. The predicted octanol–water partition coefficient (Wildman–Crippen LogP) is 8.52. The fourth-order valence-corrected chi connectivity index (χ4v) is 5.31. The first-order valence-electron chi connectivity index (χ1n) is 12.4. The smallest absolute Gasteiger partial charge is 0.134 e. The molecule has 0 amide bonds. The van der Waals surface area contributed by atoms with Crippen LogP contribution in [0, 0.1) is 20.8 Å². The lowest BCUT2D eigenvalue weighted by Crippen LogP contribution is -2.17. The first kappa shape index (κ1) is 23.1. The van der Waals surface area contributed by atoms with E-state index in [-0.39, 0.29) is 11.2 Å². The number of hydrogen-bond donors (Lipinski definition) is 0. The summed E-state index contributed by atoms with van der Waals surface area (Å²) < 4.78 is 0. The van der Waals surface area contributed by atoms with Crippen molar-refractivity contribution in [2.45, 2.75) is 53.4 Å². The minimum absolute atomic E-state index is 0.143. The second-order valence-corrected chi connectivity index (χ2v) is 10.6. The molecule has 0 unspecified atom stereocenters. The van der Waals surface area contributed by atoms with Gasteiger partial charge >= 0.3 is 0 Å². The van der Waals surface area contributed by atoms with Crippen molar-refractivity contribution in [1.82, 2.24) is 0 Å². The molecule has 2 heteroatoms. The predicted molar refractivity (Wildman–Crippen MR) is 147 cm³/mol. The van der Waals surface area contributed by atoms with Gasteiger partial charge in [0.05, 0.1) is 0 Å². The van der Waals surface area contributed by atoms with E-state index in [4.69, 9.17) is 0 Å². The van der Waals surface area contributed by atoms with Gasteiger partial charge in [-0.05, 0) is 103 Å². The molecule has 0 aromatic heterocycles. The molecular weight excluding hydrogens is 426 g/mol. The molecule has 0 aliphatic heterocycles. The lowest BCUT2D eigenvalue weighted by atomic mass is 9.81. The summed E-state index contributed by atoms with van der Waals surface area (Å²) >= 11 is 0. The van der Waals surface area contributed by atoms with E-state index in [9.17, 15) is 4.79 Å². The number of carbonyl (C=O) groups is 1. The zero-order valence-corrected chi connectivity index (χ0v) is 21.6. The number of rotatable bonds is 5. The molecule has 0 bridgehead atoms. The number of Topliss-reactive ketones (excluding diaryl/α,β-unsaturated/α-hetero) is 1. The number of hydrogen-bond acceptors (Lipinski definition) is 2. The van der Waals surface area contributed by atoms with Crippen molar-refractivity contribution < 1.29 is 4.79 Å². The number of carbonyl (C=O) groups excluding carboxylic acids is 1. The highest BCUT2D eigenvalue weighted by Crippen LogP contribution is 2.51. The van der Waals surface area contributed by atoms with Crippen molar-refractivity contribution >= 4 is 22.8 Å². The molecule has 35 heavy (non-hydrogen) atoms. The van der Waals surface area contributed by atoms with Crippen molar-refractivity contribution in [3.63, 3.8) is 0 Å². The standard InChI is InChI=1S/C33H33NO/c1-21-7-11-26(12-8-21)34(27-13-9-22(2)23(3)17-27)28-14-16-30-29-15-10-25(18-24(4)35)19-31(29)33(5,6)32(30)20-28/h7-17,19-20H,18H2,1-6H3. The van der Waals surface area contributed by atoms with E-state index < -0.39 is 0 Å². The first-order chi connectivity index (χ1) is 16.6. The van der Waals surface area contributed by atoms with E-state index in [1.54, 1.807) is 6.92 Å². The Hall–Kier alpha value is -3.65. The molecule has 2 nitrogen and oxygen atoms in total. The molecule has 0 heterocycles. The van der Waals surface area contributed by atoms with Gasteiger partial charge in [-0.15, -0.1) is 0 Å². The van der Waals surface area contributed by atoms with Crippen LogP contribution in [0.4, 0.5) is 17.1 Å². The quantitative estimate of drug-likeness (QED) is 0.298. The van der Waals surface area contributed by atoms with Gasteiger partial charge in [-0.2, -0.15) is 0 Å². The summed E-state index contributed by atoms with van der Waals surface area (Å²) in [4.78, 5) is 14.1. The summed E-state index contributed by atoms with van der Waals surface area (Å²) in [7, 11) is 0. The van der Waals surface area contributed by atoms with E-state index in [0.717, 1.165) is 22.6 Å². The molecule has 5 rings (SSSR count). The van der Waals surface area contributed by atoms with Crippen LogP contribution < -0.4 is 4.90 Å². The third-order valence-electron chi connectivity index (χ3n) is 7.48. The van der Waals surface area contributed by atoms with Crippen LogP contribution in [0.3, 0.4) is 0 Å². The fourth-order valence-electron chi connectivity index (χ4n) is 5.31. The minimum Gasteiger partial charge on any atom is -0.310 e. The van der Waals surface area contributed by atoms with E-state index >= 15 is 0 Å². The molecule has 4 aromatic rings. The third-order valence-corrected chi connectivity index (χ3v) is 7.48. The molecule has 176 valence electrons. The van der Waals surface area contributed by atoms with E-state index in [2.05, 4.69) is 118 Å². The van der Waals surface area contributed by atoms with Crippen LogP contribution in [-0.2, 0) is 16.6 Å². The Morgan fingerprint density at radius 1 is 0.686 bits per heavy atom. The largest absolute Gasteiger partial charge is 0.310 e.